The van der Waals surface area contributed by atoms with E-state index in [-0.39, 0.29) is 0 Å². The lowest BCUT2D eigenvalue weighted by molar-refractivity contribution is 0.156. The molecule has 1 aliphatic heterocycles. The van der Waals surface area contributed by atoms with E-state index < -0.39 is 0 Å². The Morgan fingerprint density at radius 3 is 2.45 bits per heavy atom. The van der Waals surface area contributed by atoms with Crippen LogP contribution in [-0.4, -0.2) is 24.6 Å². The maximum atomic E-state index is 3.37. The third-order valence-corrected chi connectivity index (χ3v) is 3.63. The van der Waals surface area contributed by atoms with Crippen LogP contribution in [0.15, 0.2) is 0 Å². The molecule has 1 fully saturated rings. The maximum Gasteiger partial charge on any atom is 0.00204 e. The molecule has 0 radical (unpaired) electrons. The van der Waals surface area contributed by atoms with E-state index in [2.05, 4.69) is 30.9 Å². The van der Waals surface area contributed by atoms with Gasteiger partial charge in [0.15, 0.2) is 0 Å². The summed E-state index contributed by atoms with van der Waals surface area (Å²) in [5.74, 6) is 2.62. The van der Waals surface area contributed by atoms with Gasteiger partial charge in [0.2, 0.25) is 0 Å². The maximum absolute atomic E-state index is 3.37. The van der Waals surface area contributed by atoms with E-state index in [0.29, 0.717) is 5.41 Å². The molecule has 1 aliphatic rings. The zero-order valence-electron chi connectivity index (χ0n) is 7.65. The number of nitrogens with one attached hydrogen (secondary N) is 1. The lowest BCUT2D eigenvalue weighted by atomic mass is 9.77. The minimum atomic E-state index is 0.683. The quantitative estimate of drug-likeness (QED) is 0.639. The van der Waals surface area contributed by atoms with Crippen LogP contribution in [0.5, 0.6) is 0 Å². The Labute approximate surface area is 74.3 Å². The molecule has 1 N–H and O–H groups in total. The fourth-order valence-corrected chi connectivity index (χ4v) is 2.38. The van der Waals surface area contributed by atoms with Gasteiger partial charge in [-0.3, -0.25) is 0 Å². The highest BCUT2D eigenvalue weighted by molar-refractivity contribution is 7.99. The standard InChI is InChI=1S/C9H19NS/c1-3-9(7-10-8-9)5-6-11-4-2/h10H,3-8H2,1-2H3. The smallest absolute Gasteiger partial charge is 0.00204 e. The Kier molecular flexibility index (Phi) is 3.73. The SMILES string of the molecule is CCSCCC1(CC)CNC1. The first-order valence-corrected chi connectivity index (χ1v) is 5.77. The van der Waals surface area contributed by atoms with Gasteiger partial charge in [0.1, 0.15) is 0 Å². The molecule has 2 heteroatoms. The predicted octanol–water partition coefficient (Wildman–Crippen LogP) is 2.13. The van der Waals surface area contributed by atoms with Gasteiger partial charge in [0.25, 0.3) is 0 Å². The van der Waals surface area contributed by atoms with E-state index in [4.69, 9.17) is 0 Å². The molecular formula is C9H19NS. The summed E-state index contributed by atoms with van der Waals surface area (Å²) >= 11 is 2.07. The van der Waals surface area contributed by atoms with E-state index >= 15 is 0 Å². The third-order valence-electron chi connectivity index (χ3n) is 2.73. The first-order chi connectivity index (χ1) is 5.33. The molecule has 0 saturated carbocycles. The molecule has 0 aromatic rings. The Balaban J connectivity index is 2.11. The summed E-state index contributed by atoms with van der Waals surface area (Å²) in [7, 11) is 0. The molecule has 11 heavy (non-hydrogen) atoms. The Morgan fingerprint density at radius 2 is 2.09 bits per heavy atom. The normalized spacial score (nSPS) is 21.3. The summed E-state index contributed by atoms with van der Waals surface area (Å²) in [6.45, 7) is 7.07. The van der Waals surface area contributed by atoms with Crippen LogP contribution in [0.3, 0.4) is 0 Å². The summed E-state index contributed by atoms with van der Waals surface area (Å²) in [4.78, 5) is 0. The van der Waals surface area contributed by atoms with Crippen molar-refractivity contribution in [2.24, 2.45) is 5.41 Å². The Bertz CT molecular complexity index is 105. The molecule has 0 amide bonds. The predicted molar refractivity (Wildman–Crippen MR) is 53.2 cm³/mol. The molecular weight excluding hydrogens is 154 g/mol. The van der Waals surface area contributed by atoms with E-state index in [9.17, 15) is 0 Å². The molecule has 66 valence electrons. The number of hydrogen-bond donors (Lipinski definition) is 1. The van der Waals surface area contributed by atoms with Crippen LogP contribution < -0.4 is 5.32 Å². The van der Waals surface area contributed by atoms with Crippen LogP contribution in [-0.2, 0) is 0 Å². The van der Waals surface area contributed by atoms with Crippen LogP contribution in [0.1, 0.15) is 26.7 Å². The van der Waals surface area contributed by atoms with Crippen molar-refractivity contribution in [2.45, 2.75) is 26.7 Å². The molecule has 1 saturated heterocycles. The third kappa shape index (κ3) is 2.38. The molecule has 1 rings (SSSR count). The van der Waals surface area contributed by atoms with Gasteiger partial charge in [-0.2, -0.15) is 11.8 Å². The second-order valence-corrected chi connectivity index (χ2v) is 4.80. The van der Waals surface area contributed by atoms with Gasteiger partial charge in [-0.25, -0.2) is 0 Å². The molecule has 0 aromatic heterocycles. The Morgan fingerprint density at radius 1 is 1.36 bits per heavy atom. The summed E-state index contributed by atoms with van der Waals surface area (Å²) < 4.78 is 0. The summed E-state index contributed by atoms with van der Waals surface area (Å²) in [5.41, 5.74) is 0.683. The van der Waals surface area contributed by atoms with Crippen LogP contribution >= 0.6 is 11.8 Å². The van der Waals surface area contributed by atoms with E-state index in [0.717, 1.165) is 0 Å². The first-order valence-electron chi connectivity index (χ1n) is 4.61. The van der Waals surface area contributed by atoms with Crippen molar-refractivity contribution in [1.29, 1.82) is 0 Å². The van der Waals surface area contributed by atoms with Crippen molar-refractivity contribution >= 4 is 11.8 Å². The number of thioether (sulfide) groups is 1. The van der Waals surface area contributed by atoms with Gasteiger partial charge >= 0.3 is 0 Å². The van der Waals surface area contributed by atoms with Crippen LogP contribution in [0.2, 0.25) is 0 Å². The van der Waals surface area contributed by atoms with Crippen molar-refractivity contribution in [3.8, 4) is 0 Å². The van der Waals surface area contributed by atoms with Crippen molar-refractivity contribution in [2.75, 3.05) is 24.6 Å². The van der Waals surface area contributed by atoms with Crippen molar-refractivity contribution < 1.29 is 0 Å². The fraction of sp³-hybridized carbons (Fsp3) is 1.00. The van der Waals surface area contributed by atoms with E-state index in [1.54, 1.807) is 0 Å². The highest BCUT2D eigenvalue weighted by Gasteiger charge is 2.33. The monoisotopic (exact) mass is 173 g/mol. The van der Waals surface area contributed by atoms with Crippen LogP contribution in [0, 0.1) is 5.41 Å². The first kappa shape index (κ1) is 9.40. The fourth-order valence-electron chi connectivity index (χ4n) is 1.52. The van der Waals surface area contributed by atoms with Gasteiger partial charge in [0, 0.05) is 13.1 Å². The molecule has 0 unspecified atom stereocenters. The minimum Gasteiger partial charge on any atom is -0.316 e. The highest BCUT2D eigenvalue weighted by atomic mass is 32.2. The van der Waals surface area contributed by atoms with Gasteiger partial charge < -0.3 is 5.32 Å². The van der Waals surface area contributed by atoms with Crippen LogP contribution in [0.4, 0.5) is 0 Å². The minimum absolute atomic E-state index is 0.683. The van der Waals surface area contributed by atoms with Crippen molar-refractivity contribution in [1.82, 2.24) is 5.32 Å². The van der Waals surface area contributed by atoms with Crippen LogP contribution in [0.25, 0.3) is 0 Å². The summed E-state index contributed by atoms with van der Waals surface area (Å²) in [6.07, 6.45) is 2.76. The second kappa shape index (κ2) is 4.36. The molecule has 1 nitrogen and oxygen atoms in total. The van der Waals surface area contributed by atoms with E-state index in [1.165, 1.54) is 37.4 Å². The second-order valence-electron chi connectivity index (χ2n) is 3.40. The molecule has 0 aliphatic carbocycles. The van der Waals surface area contributed by atoms with Gasteiger partial charge in [-0.1, -0.05) is 13.8 Å². The largest absolute Gasteiger partial charge is 0.316 e. The summed E-state index contributed by atoms with van der Waals surface area (Å²) in [5, 5.41) is 3.37. The topological polar surface area (TPSA) is 12.0 Å². The van der Waals surface area contributed by atoms with Gasteiger partial charge in [-0.05, 0) is 29.8 Å². The van der Waals surface area contributed by atoms with Crippen molar-refractivity contribution in [3.05, 3.63) is 0 Å². The van der Waals surface area contributed by atoms with Crippen molar-refractivity contribution in [3.63, 3.8) is 0 Å². The zero-order chi connectivity index (χ0) is 8.16. The molecule has 0 aromatic carbocycles. The van der Waals surface area contributed by atoms with E-state index in [1.807, 2.05) is 0 Å². The average molecular weight is 173 g/mol. The molecule has 1 heterocycles. The van der Waals surface area contributed by atoms with Gasteiger partial charge in [0.05, 0.1) is 0 Å². The van der Waals surface area contributed by atoms with Gasteiger partial charge in [-0.15, -0.1) is 0 Å². The molecule has 0 bridgehead atoms. The molecule has 0 spiro atoms. The lowest BCUT2D eigenvalue weighted by Gasteiger charge is -2.42. The molecule has 0 atom stereocenters. The highest BCUT2D eigenvalue weighted by Crippen LogP contribution is 2.31. The number of rotatable bonds is 5. The number of hydrogen-bond acceptors (Lipinski definition) is 2. The zero-order valence-corrected chi connectivity index (χ0v) is 8.47. The average Bonchev–Trinajstić information content (AvgIpc) is 1.95. The Hall–Kier alpha value is 0.310. The summed E-state index contributed by atoms with van der Waals surface area (Å²) in [6, 6.07) is 0. The lowest BCUT2D eigenvalue weighted by Crippen LogP contribution is -2.53.